The van der Waals surface area contributed by atoms with Crippen LogP contribution in [0.3, 0.4) is 0 Å². The van der Waals surface area contributed by atoms with Crippen LogP contribution in [0.4, 0.5) is 0 Å². The van der Waals surface area contributed by atoms with Gasteiger partial charge in [-0.1, -0.05) is 134 Å². The second-order valence-corrected chi connectivity index (χ2v) is 19.0. The maximum Gasteiger partial charge on any atom is 0.220 e. The van der Waals surface area contributed by atoms with Crippen LogP contribution in [0.5, 0.6) is 0 Å². The lowest BCUT2D eigenvalue weighted by atomic mass is 9.96. The average Bonchev–Trinajstić information content (AvgIpc) is 3.35. The van der Waals surface area contributed by atoms with Gasteiger partial charge in [0.25, 0.3) is 0 Å². The van der Waals surface area contributed by atoms with Crippen LogP contribution >= 0.6 is 0 Å². The van der Waals surface area contributed by atoms with E-state index in [9.17, 15) is 61.0 Å². The highest BCUT2D eigenvalue weighted by atomic mass is 16.8. The van der Waals surface area contributed by atoms with Crippen molar-refractivity contribution in [2.24, 2.45) is 0 Å². The number of carbonyl (C=O) groups excluding carboxylic acids is 1. The molecule has 408 valence electrons. The third kappa shape index (κ3) is 21.5. The summed E-state index contributed by atoms with van der Waals surface area (Å²) < 4.78 is 34.1. The lowest BCUT2D eigenvalue weighted by Gasteiger charge is -2.48. The molecule has 3 saturated heterocycles. The molecule has 0 aromatic rings. The van der Waals surface area contributed by atoms with Crippen molar-refractivity contribution in [3.8, 4) is 0 Å². The Morgan fingerprint density at radius 3 is 1.53 bits per heavy atom. The number of unbranched alkanes of at least 4 members (excludes halogenated alkanes) is 14. The van der Waals surface area contributed by atoms with E-state index in [1.807, 2.05) is 0 Å². The third-order valence-electron chi connectivity index (χ3n) is 13.2. The number of carbonyl (C=O) groups is 1. The van der Waals surface area contributed by atoms with Crippen LogP contribution in [-0.2, 0) is 33.2 Å². The van der Waals surface area contributed by atoms with Gasteiger partial charge in [0.05, 0.1) is 38.6 Å². The van der Waals surface area contributed by atoms with Crippen LogP contribution in [0.25, 0.3) is 0 Å². The molecule has 3 heterocycles. The molecule has 0 saturated carbocycles. The summed E-state index contributed by atoms with van der Waals surface area (Å²) in [6, 6.07) is -0.899. The summed E-state index contributed by atoms with van der Waals surface area (Å²) in [7, 11) is 0. The van der Waals surface area contributed by atoms with Gasteiger partial charge in [0.15, 0.2) is 18.9 Å². The van der Waals surface area contributed by atoms with Crippen molar-refractivity contribution in [2.45, 2.75) is 253 Å². The molecular formula is C51H91NO18. The summed E-state index contributed by atoms with van der Waals surface area (Å²) in [6.45, 7) is 1.60. The Morgan fingerprint density at radius 1 is 0.529 bits per heavy atom. The van der Waals surface area contributed by atoms with E-state index in [1.54, 1.807) is 0 Å². The zero-order chi connectivity index (χ0) is 51.3. The van der Waals surface area contributed by atoms with Gasteiger partial charge in [-0.15, -0.1) is 0 Å². The van der Waals surface area contributed by atoms with Gasteiger partial charge < -0.3 is 89.9 Å². The quantitative estimate of drug-likeness (QED) is 0.0316. The van der Waals surface area contributed by atoms with E-state index in [1.165, 1.54) is 51.4 Å². The molecule has 70 heavy (non-hydrogen) atoms. The molecule has 19 nitrogen and oxygen atoms in total. The van der Waals surface area contributed by atoms with Gasteiger partial charge in [0, 0.05) is 6.42 Å². The second-order valence-electron chi connectivity index (χ2n) is 19.0. The fraction of sp³-hybridized carbons (Fsp3) is 0.863. The summed E-state index contributed by atoms with van der Waals surface area (Å²) in [5.74, 6) is -0.276. The lowest BCUT2D eigenvalue weighted by molar-refractivity contribution is -0.379. The highest BCUT2D eigenvalue weighted by Crippen LogP contribution is 2.33. The molecule has 3 aliphatic rings. The Morgan fingerprint density at radius 2 is 0.986 bits per heavy atom. The molecule has 3 fully saturated rings. The Labute approximate surface area is 415 Å². The number of amides is 1. The predicted molar refractivity (Wildman–Crippen MR) is 259 cm³/mol. The molecule has 0 radical (unpaired) electrons. The Balaban J connectivity index is 1.56. The SMILES string of the molecule is CC/C=C\C/C=C\C/C=C\CCCCCC(=O)NC(COC1OC(CO)C(OC2OC(CO)C(OC3OC(CO)C(O)C(O)C3O)C(O)C2O)C(O)C1O)C(O)CCCCCCCCCCCCCC. The molecule has 1 amide bonds. The molecule has 12 N–H and O–H groups in total. The molecule has 3 aliphatic heterocycles. The van der Waals surface area contributed by atoms with Gasteiger partial charge in [0.1, 0.15) is 73.2 Å². The molecule has 0 aromatic carbocycles. The summed E-state index contributed by atoms with van der Waals surface area (Å²) in [4.78, 5) is 13.2. The zero-order valence-corrected chi connectivity index (χ0v) is 41.7. The van der Waals surface area contributed by atoms with Crippen LogP contribution in [0, 0.1) is 0 Å². The number of aliphatic hydroxyl groups is 11. The van der Waals surface area contributed by atoms with E-state index >= 15 is 0 Å². The zero-order valence-electron chi connectivity index (χ0n) is 41.7. The molecular weight excluding hydrogens is 915 g/mol. The summed E-state index contributed by atoms with van der Waals surface area (Å²) in [6.07, 6.45) is 6.85. The first kappa shape index (κ1) is 62.3. The largest absolute Gasteiger partial charge is 0.394 e. The molecule has 3 rings (SSSR count). The highest BCUT2D eigenvalue weighted by Gasteiger charge is 2.53. The van der Waals surface area contributed by atoms with Crippen molar-refractivity contribution in [3.05, 3.63) is 36.5 Å². The number of rotatable bonds is 36. The summed E-state index contributed by atoms with van der Waals surface area (Å²) in [5.41, 5.74) is 0. The number of hydrogen-bond acceptors (Lipinski definition) is 18. The van der Waals surface area contributed by atoms with Crippen LogP contribution in [-0.4, -0.2) is 193 Å². The molecule has 0 spiro atoms. The minimum Gasteiger partial charge on any atom is -0.394 e. The topological polar surface area (TPSA) is 307 Å². The second kappa shape index (κ2) is 36.0. The molecule has 19 heteroatoms. The first-order chi connectivity index (χ1) is 33.8. The minimum absolute atomic E-state index is 0.230. The van der Waals surface area contributed by atoms with Gasteiger partial charge in [0.2, 0.25) is 5.91 Å². The average molecular weight is 1010 g/mol. The van der Waals surface area contributed by atoms with Crippen molar-refractivity contribution in [1.82, 2.24) is 5.32 Å². The van der Waals surface area contributed by atoms with Crippen LogP contribution in [0.2, 0.25) is 0 Å². The first-order valence-corrected chi connectivity index (χ1v) is 26.2. The smallest absolute Gasteiger partial charge is 0.220 e. The number of hydrogen-bond donors (Lipinski definition) is 12. The van der Waals surface area contributed by atoms with E-state index in [0.717, 1.165) is 64.2 Å². The van der Waals surface area contributed by atoms with Crippen molar-refractivity contribution in [3.63, 3.8) is 0 Å². The minimum atomic E-state index is -1.97. The molecule has 17 atom stereocenters. The van der Waals surface area contributed by atoms with Crippen molar-refractivity contribution in [1.29, 1.82) is 0 Å². The third-order valence-corrected chi connectivity index (χ3v) is 13.2. The number of nitrogens with one attached hydrogen (secondary N) is 1. The van der Waals surface area contributed by atoms with Crippen LogP contribution in [0.1, 0.15) is 149 Å². The Hall–Kier alpha value is -1.99. The maximum absolute atomic E-state index is 13.2. The lowest BCUT2D eigenvalue weighted by Crippen LogP contribution is -2.66. The van der Waals surface area contributed by atoms with Gasteiger partial charge in [-0.3, -0.25) is 4.79 Å². The fourth-order valence-electron chi connectivity index (χ4n) is 8.85. The standard InChI is InChI=1S/C51H91NO18/c1-3-5-7-9-11-13-15-17-19-21-23-25-27-29-39(57)52-34(35(56)28-26-24-22-20-18-16-14-12-10-8-6-4-2)33-65-49-45(63)42(60)47(37(31-54)67-49)70-51-46(64)43(61)48(38(32-55)68-51)69-50-44(62)41(59)40(58)36(30-53)66-50/h5,7,11,13,17,19,34-38,40-51,53-56,58-64H,3-4,6,8-10,12,14-16,18,20-33H2,1-2H3,(H,52,57)/b7-5-,13-11-,19-17-. The molecule has 17 unspecified atom stereocenters. The Bertz CT molecular complexity index is 1440. The monoisotopic (exact) mass is 1010 g/mol. The Kier molecular flexibility index (Phi) is 32.1. The highest BCUT2D eigenvalue weighted by molar-refractivity contribution is 5.76. The van der Waals surface area contributed by atoms with Gasteiger partial charge >= 0.3 is 0 Å². The first-order valence-electron chi connectivity index (χ1n) is 26.2. The van der Waals surface area contributed by atoms with Gasteiger partial charge in [-0.05, 0) is 44.9 Å². The summed E-state index contributed by atoms with van der Waals surface area (Å²) in [5, 5.41) is 120. The van der Waals surface area contributed by atoms with Crippen LogP contribution in [0.15, 0.2) is 36.5 Å². The molecule has 0 aromatic heterocycles. The number of aliphatic hydroxyl groups excluding tert-OH is 11. The van der Waals surface area contributed by atoms with Gasteiger partial charge in [-0.2, -0.15) is 0 Å². The van der Waals surface area contributed by atoms with Crippen LogP contribution < -0.4 is 5.32 Å². The maximum atomic E-state index is 13.2. The number of ether oxygens (including phenoxy) is 6. The van der Waals surface area contributed by atoms with Crippen molar-refractivity contribution in [2.75, 3.05) is 26.4 Å². The van der Waals surface area contributed by atoms with Crippen molar-refractivity contribution >= 4 is 5.91 Å². The van der Waals surface area contributed by atoms with E-state index in [4.69, 9.17) is 28.4 Å². The normalized spacial score (nSPS) is 32.8. The van der Waals surface area contributed by atoms with E-state index in [2.05, 4.69) is 55.6 Å². The molecule has 0 bridgehead atoms. The van der Waals surface area contributed by atoms with Gasteiger partial charge in [-0.25, -0.2) is 0 Å². The van der Waals surface area contributed by atoms with E-state index in [0.29, 0.717) is 12.8 Å². The predicted octanol–water partition coefficient (Wildman–Crippen LogP) is 2.20. The van der Waals surface area contributed by atoms with E-state index in [-0.39, 0.29) is 18.9 Å². The van der Waals surface area contributed by atoms with Crippen molar-refractivity contribution < 1.29 is 89.4 Å². The fourth-order valence-corrected chi connectivity index (χ4v) is 8.85. The van der Waals surface area contributed by atoms with E-state index < -0.39 is 124 Å². The molecule has 0 aliphatic carbocycles. The summed E-state index contributed by atoms with van der Waals surface area (Å²) >= 11 is 0. The number of allylic oxidation sites excluding steroid dienone is 6.